The second kappa shape index (κ2) is 9.43. The van der Waals surface area contributed by atoms with Gasteiger partial charge in [-0.1, -0.05) is 11.6 Å². The number of rotatable bonds is 6. The average molecular weight is 376 g/mol. The molecule has 0 bridgehead atoms. The van der Waals surface area contributed by atoms with Gasteiger partial charge >= 0.3 is 0 Å². The Morgan fingerprint density at radius 2 is 1.46 bits per heavy atom. The quantitative estimate of drug-likeness (QED) is 0.672. The van der Waals surface area contributed by atoms with Crippen molar-refractivity contribution >= 4 is 29.3 Å². The normalized spacial score (nSPS) is 9.92. The fourth-order valence-corrected chi connectivity index (χ4v) is 2.10. The van der Waals surface area contributed by atoms with Crippen LogP contribution in [0.3, 0.4) is 0 Å². The summed E-state index contributed by atoms with van der Waals surface area (Å²) in [5.41, 5.74) is 5.21. The van der Waals surface area contributed by atoms with Crippen molar-refractivity contribution in [2.75, 3.05) is 13.2 Å². The largest absolute Gasteiger partial charge is 0.494 e. The Bertz CT molecular complexity index is 776. The van der Waals surface area contributed by atoms with Gasteiger partial charge in [0.1, 0.15) is 5.75 Å². The monoisotopic (exact) mass is 375 g/mol. The van der Waals surface area contributed by atoms with Gasteiger partial charge in [-0.25, -0.2) is 0 Å². The zero-order chi connectivity index (χ0) is 18.9. The van der Waals surface area contributed by atoms with Crippen LogP contribution in [0.1, 0.15) is 27.6 Å². The van der Waals surface area contributed by atoms with Crippen LogP contribution in [0.2, 0.25) is 5.02 Å². The van der Waals surface area contributed by atoms with Gasteiger partial charge in [-0.3, -0.25) is 25.2 Å². The molecule has 2 aromatic rings. The van der Waals surface area contributed by atoms with E-state index in [0.717, 1.165) is 0 Å². The fraction of sp³-hybridized carbons (Fsp3) is 0.167. The Kier molecular flexibility index (Phi) is 6.99. The van der Waals surface area contributed by atoms with Crippen molar-refractivity contribution in [2.45, 2.75) is 6.92 Å². The second-order valence-electron chi connectivity index (χ2n) is 5.15. The Labute approximate surface area is 155 Å². The minimum atomic E-state index is -0.563. The highest BCUT2D eigenvalue weighted by Crippen LogP contribution is 2.12. The molecule has 0 radical (unpaired) electrons. The van der Waals surface area contributed by atoms with Gasteiger partial charge in [0.05, 0.1) is 13.2 Å². The summed E-state index contributed by atoms with van der Waals surface area (Å²) in [6.07, 6.45) is 0. The summed E-state index contributed by atoms with van der Waals surface area (Å²) >= 11 is 5.74. The Balaban J connectivity index is 1.76. The van der Waals surface area contributed by atoms with Gasteiger partial charge in [0.25, 0.3) is 17.7 Å². The van der Waals surface area contributed by atoms with Crippen LogP contribution in [-0.2, 0) is 4.79 Å². The number of ether oxygens (including phenoxy) is 1. The highest BCUT2D eigenvalue weighted by molar-refractivity contribution is 6.30. The highest BCUT2D eigenvalue weighted by Gasteiger charge is 2.10. The topological polar surface area (TPSA) is 96.5 Å². The van der Waals surface area contributed by atoms with Gasteiger partial charge in [-0.15, -0.1) is 0 Å². The minimum absolute atomic E-state index is 0.285. The van der Waals surface area contributed by atoms with Crippen molar-refractivity contribution in [3.63, 3.8) is 0 Å². The Morgan fingerprint density at radius 1 is 0.885 bits per heavy atom. The van der Waals surface area contributed by atoms with Crippen LogP contribution in [0, 0.1) is 0 Å². The van der Waals surface area contributed by atoms with E-state index in [9.17, 15) is 14.4 Å². The molecular formula is C18H18ClN3O4. The maximum absolute atomic E-state index is 12.0. The standard InChI is InChI=1S/C18H18ClN3O4/c1-2-26-15-9-5-12(6-10-15)17(24)20-11-16(23)21-22-18(25)13-3-7-14(19)8-4-13/h3-10H,2,11H2,1H3,(H,20,24)(H,21,23)(H,22,25). The number of amides is 3. The molecule has 0 saturated carbocycles. The lowest BCUT2D eigenvalue weighted by atomic mass is 10.2. The molecule has 0 aliphatic carbocycles. The van der Waals surface area contributed by atoms with E-state index in [1.165, 1.54) is 12.1 Å². The third-order valence-electron chi connectivity index (χ3n) is 3.26. The molecule has 0 aliphatic heterocycles. The summed E-state index contributed by atoms with van der Waals surface area (Å²) in [4.78, 5) is 35.5. The third kappa shape index (κ3) is 5.78. The fourth-order valence-electron chi connectivity index (χ4n) is 1.98. The molecule has 7 nitrogen and oxygen atoms in total. The van der Waals surface area contributed by atoms with Crippen molar-refractivity contribution < 1.29 is 19.1 Å². The first kappa shape index (κ1) is 19.3. The Hall–Kier alpha value is -3.06. The first-order chi connectivity index (χ1) is 12.5. The molecule has 0 atom stereocenters. The van der Waals surface area contributed by atoms with Crippen LogP contribution in [0.15, 0.2) is 48.5 Å². The van der Waals surface area contributed by atoms with Gasteiger partial charge in [0.15, 0.2) is 0 Å². The average Bonchev–Trinajstić information content (AvgIpc) is 2.65. The molecule has 2 rings (SSSR count). The number of hydrogen-bond donors (Lipinski definition) is 3. The molecule has 26 heavy (non-hydrogen) atoms. The summed E-state index contributed by atoms with van der Waals surface area (Å²) in [6.45, 7) is 2.12. The van der Waals surface area contributed by atoms with Gasteiger partial charge in [0, 0.05) is 16.1 Å². The van der Waals surface area contributed by atoms with Crippen molar-refractivity contribution in [3.8, 4) is 5.75 Å². The number of carbonyl (C=O) groups is 3. The van der Waals surface area contributed by atoms with Crippen LogP contribution < -0.4 is 20.9 Å². The van der Waals surface area contributed by atoms with E-state index in [0.29, 0.717) is 28.5 Å². The second-order valence-corrected chi connectivity index (χ2v) is 5.59. The maximum Gasteiger partial charge on any atom is 0.269 e. The summed E-state index contributed by atoms with van der Waals surface area (Å²) in [5.74, 6) is -0.807. The summed E-state index contributed by atoms with van der Waals surface area (Å²) in [7, 11) is 0. The van der Waals surface area contributed by atoms with E-state index in [2.05, 4.69) is 16.2 Å². The molecule has 0 aromatic heterocycles. The number of benzene rings is 2. The van der Waals surface area contributed by atoms with Crippen LogP contribution in [0.25, 0.3) is 0 Å². The van der Waals surface area contributed by atoms with Crippen LogP contribution in [0.4, 0.5) is 0 Å². The van der Waals surface area contributed by atoms with Crippen molar-refractivity contribution in [2.24, 2.45) is 0 Å². The van der Waals surface area contributed by atoms with Gasteiger partial charge in [-0.05, 0) is 55.5 Å². The molecule has 0 saturated heterocycles. The first-order valence-corrected chi connectivity index (χ1v) is 8.23. The Morgan fingerprint density at radius 3 is 2.08 bits per heavy atom. The molecule has 0 aliphatic rings. The smallest absolute Gasteiger partial charge is 0.269 e. The molecule has 0 heterocycles. The molecule has 2 aromatic carbocycles. The lowest BCUT2D eigenvalue weighted by Crippen LogP contribution is -2.46. The molecule has 0 fully saturated rings. The molecule has 136 valence electrons. The van der Waals surface area contributed by atoms with Gasteiger partial charge in [-0.2, -0.15) is 0 Å². The van der Waals surface area contributed by atoms with E-state index in [1.807, 2.05) is 6.92 Å². The third-order valence-corrected chi connectivity index (χ3v) is 3.51. The summed E-state index contributed by atoms with van der Waals surface area (Å²) in [6, 6.07) is 12.7. The van der Waals surface area contributed by atoms with E-state index in [1.54, 1.807) is 36.4 Å². The number of hydrazine groups is 1. The molecule has 8 heteroatoms. The first-order valence-electron chi connectivity index (χ1n) is 7.85. The van der Waals surface area contributed by atoms with Crippen LogP contribution in [-0.4, -0.2) is 30.9 Å². The highest BCUT2D eigenvalue weighted by atomic mass is 35.5. The predicted molar refractivity (Wildman–Crippen MR) is 97.0 cm³/mol. The minimum Gasteiger partial charge on any atom is -0.494 e. The number of hydrogen-bond acceptors (Lipinski definition) is 4. The van der Waals surface area contributed by atoms with Gasteiger partial charge < -0.3 is 10.1 Å². The number of carbonyl (C=O) groups excluding carboxylic acids is 3. The summed E-state index contributed by atoms with van der Waals surface area (Å²) < 4.78 is 5.29. The summed E-state index contributed by atoms with van der Waals surface area (Å²) in [5, 5.41) is 2.96. The van der Waals surface area contributed by atoms with Crippen molar-refractivity contribution in [1.29, 1.82) is 0 Å². The van der Waals surface area contributed by atoms with E-state index in [-0.39, 0.29) is 6.54 Å². The van der Waals surface area contributed by atoms with E-state index < -0.39 is 17.7 Å². The lowest BCUT2D eigenvalue weighted by Gasteiger charge is -2.09. The van der Waals surface area contributed by atoms with Crippen LogP contribution in [0.5, 0.6) is 5.75 Å². The van der Waals surface area contributed by atoms with Crippen molar-refractivity contribution in [1.82, 2.24) is 16.2 Å². The molecule has 0 unspecified atom stereocenters. The van der Waals surface area contributed by atoms with E-state index >= 15 is 0 Å². The van der Waals surface area contributed by atoms with Crippen molar-refractivity contribution in [3.05, 3.63) is 64.7 Å². The van der Waals surface area contributed by atoms with E-state index in [4.69, 9.17) is 16.3 Å². The van der Waals surface area contributed by atoms with Crippen LogP contribution >= 0.6 is 11.6 Å². The zero-order valence-corrected chi connectivity index (χ0v) is 14.8. The SMILES string of the molecule is CCOc1ccc(C(=O)NCC(=O)NNC(=O)c2ccc(Cl)cc2)cc1. The molecule has 3 N–H and O–H groups in total. The number of halogens is 1. The lowest BCUT2D eigenvalue weighted by molar-refractivity contribution is -0.120. The maximum atomic E-state index is 12.0. The van der Waals surface area contributed by atoms with Gasteiger partial charge in [0.2, 0.25) is 0 Å². The number of nitrogens with one attached hydrogen (secondary N) is 3. The molecular weight excluding hydrogens is 358 g/mol. The zero-order valence-electron chi connectivity index (χ0n) is 14.0. The predicted octanol–water partition coefficient (Wildman–Crippen LogP) is 1.93. The molecule has 3 amide bonds. The molecule has 0 spiro atoms.